The molecule has 0 saturated carbocycles. The second kappa shape index (κ2) is 7.98. The molecule has 114 valence electrons. The van der Waals surface area contributed by atoms with Crippen molar-refractivity contribution in [1.29, 1.82) is 0 Å². The number of aryl methyl sites for hydroxylation is 1. The van der Waals surface area contributed by atoms with Gasteiger partial charge in [0.1, 0.15) is 0 Å². The third-order valence-electron chi connectivity index (χ3n) is 3.22. The van der Waals surface area contributed by atoms with Crippen molar-refractivity contribution in [3.63, 3.8) is 0 Å². The second-order valence-corrected chi connectivity index (χ2v) is 7.99. The van der Waals surface area contributed by atoms with Gasteiger partial charge >= 0.3 is 0 Å². The molecule has 0 aliphatic heterocycles. The van der Waals surface area contributed by atoms with Crippen LogP contribution in [0.1, 0.15) is 34.7 Å². The van der Waals surface area contributed by atoms with Crippen molar-refractivity contribution in [2.75, 3.05) is 6.54 Å². The lowest BCUT2D eigenvalue weighted by Gasteiger charge is -2.18. The zero-order valence-electron chi connectivity index (χ0n) is 12.1. The molecule has 1 aromatic carbocycles. The van der Waals surface area contributed by atoms with E-state index in [1.165, 1.54) is 19.8 Å². The predicted molar refractivity (Wildman–Crippen MR) is 98.0 cm³/mol. The van der Waals surface area contributed by atoms with Gasteiger partial charge in [0.25, 0.3) is 0 Å². The molecule has 0 bridgehead atoms. The van der Waals surface area contributed by atoms with Crippen LogP contribution in [0, 0.1) is 6.92 Å². The SMILES string of the molecule is CCCNC(Cc1ccc(Cl)c(Cl)c1)c1sc(C)cc1Br. The average Bonchev–Trinajstić information content (AvgIpc) is 2.77. The molecule has 5 heteroatoms. The molecule has 1 heterocycles. The van der Waals surface area contributed by atoms with E-state index in [-0.39, 0.29) is 6.04 Å². The Morgan fingerprint density at radius 1 is 1.24 bits per heavy atom. The van der Waals surface area contributed by atoms with Crippen molar-refractivity contribution in [3.05, 3.63) is 54.1 Å². The molecule has 2 aromatic rings. The standard InChI is InChI=1S/C16H18BrCl2NS/c1-3-6-20-15(16-12(17)7-10(2)21-16)9-11-4-5-13(18)14(19)8-11/h4-5,7-8,15,20H,3,6,9H2,1-2H3. The van der Waals surface area contributed by atoms with Crippen LogP contribution in [0.3, 0.4) is 0 Å². The number of halogens is 3. The quantitative estimate of drug-likeness (QED) is 0.584. The molecule has 21 heavy (non-hydrogen) atoms. The molecule has 0 radical (unpaired) electrons. The lowest BCUT2D eigenvalue weighted by Crippen LogP contribution is -2.23. The van der Waals surface area contributed by atoms with Crippen LogP contribution in [0.2, 0.25) is 10.0 Å². The van der Waals surface area contributed by atoms with E-state index >= 15 is 0 Å². The topological polar surface area (TPSA) is 12.0 Å². The molecule has 0 amide bonds. The first-order valence-corrected chi connectivity index (χ1v) is 9.31. The van der Waals surface area contributed by atoms with Crippen molar-refractivity contribution >= 4 is 50.5 Å². The summed E-state index contributed by atoms with van der Waals surface area (Å²) in [5.41, 5.74) is 1.19. The summed E-state index contributed by atoms with van der Waals surface area (Å²) in [7, 11) is 0. The highest BCUT2D eigenvalue weighted by atomic mass is 79.9. The van der Waals surface area contributed by atoms with Crippen LogP contribution < -0.4 is 5.32 Å². The highest BCUT2D eigenvalue weighted by molar-refractivity contribution is 9.10. The third-order valence-corrected chi connectivity index (χ3v) is 6.04. The number of nitrogens with one attached hydrogen (secondary N) is 1. The monoisotopic (exact) mass is 405 g/mol. The number of hydrogen-bond donors (Lipinski definition) is 1. The van der Waals surface area contributed by atoms with E-state index in [1.807, 2.05) is 29.5 Å². The lowest BCUT2D eigenvalue weighted by molar-refractivity contribution is 0.535. The first kappa shape index (κ1) is 17.3. The van der Waals surface area contributed by atoms with Crippen LogP contribution >= 0.6 is 50.5 Å². The first-order valence-electron chi connectivity index (χ1n) is 6.94. The van der Waals surface area contributed by atoms with Crippen LogP contribution in [-0.2, 0) is 6.42 Å². The fourth-order valence-corrected chi connectivity index (χ4v) is 4.54. The number of rotatable bonds is 6. The van der Waals surface area contributed by atoms with E-state index in [0.29, 0.717) is 10.0 Å². The molecule has 1 N–H and O–H groups in total. The van der Waals surface area contributed by atoms with Crippen molar-refractivity contribution in [1.82, 2.24) is 5.32 Å². The third kappa shape index (κ3) is 4.70. The molecule has 2 rings (SSSR count). The molecule has 1 nitrogen and oxygen atoms in total. The van der Waals surface area contributed by atoms with Gasteiger partial charge in [0.2, 0.25) is 0 Å². The predicted octanol–water partition coefficient (Wildman–Crippen LogP) is 6.41. The molecule has 0 aliphatic carbocycles. The Morgan fingerprint density at radius 3 is 2.57 bits per heavy atom. The first-order chi connectivity index (χ1) is 10.0. The Labute approximate surface area is 148 Å². The van der Waals surface area contributed by atoms with Crippen molar-refractivity contribution in [2.45, 2.75) is 32.7 Å². The van der Waals surface area contributed by atoms with Gasteiger partial charge in [-0.25, -0.2) is 0 Å². The molecular formula is C16H18BrCl2NS. The second-order valence-electron chi connectivity index (χ2n) is 5.03. The summed E-state index contributed by atoms with van der Waals surface area (Å²) in [6.45, 7) is 5.31. The Kier molecular flexibility index (Phi) is 6.57. The van der Waals surface area contributed by atoms with E-state index in [2.05, 4.69) is 41.2 Å². The molecule has 1 unspecified atom stereocenters. The van der Waals surface area contributed by atoms with Crippen LogP contribution in [0.15, 0.2) is 28.7 Å². The maximum absolute atomic E-state index is 6.12. The summed E-state index contributed by atoms with van der Waals surface area (Å²) in [4.78, 5) is 2.65. The summed E-state index contributed by atoms with van der Waals surface area (Å²) in [5, 5.41) is 4.85. The van der Waals surface area contributed by atoms with Gasteiger partial charge in [-0.2, -0.15) is 0 Å². The minimum absolute atomic E-state index is 0.287. The van der Waals surface area contributed by atoms with E-state index < -0.39 is 0 Å². The maximum atomic E-state index is 6.12. The van der Waals surface area contributed by atoms with Gasteiger partial charge in [-0.15, -0.1) is 11.3 Å². The summed E-state index contributed by atoms with van der Waals surface area (Å²) in [5.74, 6) is 0. The normalized spacial score (nSPS) is 12.6. The van der Waals surface area contributed by atoms with E-state index in [0.717, 1.165) is 19.4 Å². The Hall–Kier alpha value is -0.0600. The van der Waals surface area contributed by atoms with E-state index in [1.54, 1.807) is 0 Å². The summed E-state index contributed by atoms with van der Waals surface area (Å²) in [6, 6.07) is 8.33. The molecule has 1 aromatic heterocycles. The largest absolute Gasteiger partial charge is 0.309 e. The molecular weight excluding hydrogens is 389 g/mol. The van der Waals surface area contributed by atoms with Gasteiger partial charge in [0.15, 0.2) is 0 Å². The Balaban J connectivity index is 2.23. The van der Waals surface area contributed by atoms with Crippen molar-refractivity contribution in [3.8, 4) is 0 Å². The summed E-state index contributed by atoms with van der Waals surface area (Å²) < 4.78 is 1.18. The molecule has 0 spiro atoms. The Morgan fingerprint density at radius 2 is 2.00 bits per heavy atom. The average molecular weight is 407 g/mol. The van der Waals surface area contributed by atoms with Crippen molar-refractivity contribution < 1.29 is 0 Å². The van der Waals surface area contributed by atoms with E-state index in [9.17, 15) is 0 Å². The lowest BCUT2D eigenvalue weighted by atomic mass is 10.0. The van der Waals surface area contributed by atoms with Gasteiger partial charge in [-0.3, -0.25) is 0 Å². The van der Waals surface area contributed by atoms with E-state index in [4.69, 9.17) is 23.2 Å². The minimum atomic E-state index is 0.287. The molecule has 0 saturated heterocycles. The van der Waals surface area contributed by atoms with Crippen LogP contribution in [0.25, 0.3) is 0 Å². The van der Waals surface area contributed by atoms with Crippen molar-refractivity contribution in [2.24, 2.45) is 0 Å². The number of hydrogen-bond acceptors (Lipinski definition) is 2. The van der Waals surface area contributed by atoms with Crippen LogP contribution in [-0.4, -0.2) is 6.54 Å². The maximum Gasteiger partial charge on any atom is 0.0595 e. The Bertz CT molecular complexity index is 612. The van der Waals surface area contributed by atoms with Gasteiger partial charge in [-0.1, -0.05) is 36.2 Å². The molecule has 0 fully saturated rings. The van der Waals surface area contributed by atoms with Gasteiger partial charge in [0.05, 0.1) is 10.0 Å². The summed E-state index contributed by atoms with van der Waals surface area (Å²) in [6.07, 6.45) is 2.01. The highest BCUT2D eigenvalue weighted by Gasteiger charge is 2.17. The zero-order chi connectivity index (χ0) is 15.4. The fraction of sp³-hybridized carbons (Fsp3) is 0.375. The van der Waals surface area contributed by atoms with Crippen LogP contribution in [0.4, 0.5) is 0 Å². The fourth-order valence-electron chi connectivity index (χ4n) is 2.22. The van der Waals surface area contributed by atoms with Gasteiger partial charge in [-0.05, 0) is 66.0 Å². The molecule has 1 atom stereocenters. The number of thiophene rings is 1. The summed E-state index contributed by atoms with van der Waals surface area (Å²) >= 11 is 17.6. The molecule has 0 aliphatic rings. The number of benzene rings is 1. The highest BCUT2D eigenvalue weighted by Crippen LogP contribution is 2.34. The van der Waals surface area contributed by atoms with Gasteiger partial charge in [0, 0.05) is 20.3 Å². The van der Waals surface area contributed by atoms with Crippen LogP contribution in [0.5, 0.6) is 0 Å². The zero-order valence-corrected chi connectivity index (χ0v) is 16.0. The smallest absolute Gasteiger partial charge is 0.0595 e. The minimum Gasteiger partial charge on any atom is -0.309 e. The van der Waals surface area contributed by atoms with Gasteiger partial charge < -0.3 is 5.32 Å².